The lowest BCUT2D eigenvalue weighted by Gasteiger charge is -2.35. The van der Waals surface area contributed by atoms with Gasteiger partial charge in [0.15, 0.2) is 5.41 Å². The molecule has 1 aromatic rings. The molecule has 0 bridgehead atoms. The van der Waals surface area contributed by atoms with Crippen LogP contribution in [0.5, 0.6) is 0 Å². The topological polar surface area (TPSA) is 26.3 Å². The molecule has 0 aliphatic heterocycles. The van der Waals surface area contributed by atoms with Crippen LogP contribution in [0.2, 0.25) is 0 Å². The summed E-state index contributed by atoms with van der Waals surface area (Å²) in [5, 5.41) is 0. The Labute approximate surface area is 128 Å². The summed E-state index contributed by atoms with van der Waals surface area (Å²) in [6, 6.07) is 9.09. The predicted octanol–water partition coefficient (Wildman–Crippen LogP) is 4.98. The minimum absolute atomic E-state index is 0.333. The van der Waals surface area contributed by atoms with Crippen LogP contribution in [0.25, 0.3) is 0 Å². The van der Waals surface area contributed by atoms with Crippen LogP contribution in [0.3, 0.4) is 0 Å². The van der Waals surface area contributed by atoms with E-state index in [4.69, 9.17) is 4.74 Å². The van der Waals surface area contributed by atoms with Gasteiger partial charge in [-0.25, -0.2) is 0 Å². The van der Waals surface area contributed by atoms with Crippen molar-refractivity contribution < 1.29 is 22.7 Å². The van der Waals surface area contributed by atoms with Crippen molar-refractivity contribution in [2.75, 3.05) is 0 Å². The number of ether oxygens (including phenoxy) is 1. The standard InChI is InChI=1S/C17H21F3O2/c1-3-15(2,17(18,19)20)14(21)22-16(11-7-8-12-16)13-9-5-4-6-10-13/h4-6,9-10H,3,7-8,11-12H2,1-2H3. The first kappa shape index (κ1) is 16.8. The van der Waals surface area contributed by atoms with Crippen molar-refractivity contribution in [2.24, 2.45) is 5.41 Å². The second-order valence-corrected chi connectivity index (χ2v) is 6.14. The molecule has 5 heteroatoms. The third-order valence-corrected chi connectivity index (χ3v) is 4.78. The lowest BCUT2D eigenvalue weighted by Crippen LogP contribution is -2.46. The van der Waals surface area contributed by atoms with Crippen LogP contribution in [0.4, 0.5) is 13.2 Å². The van der Waals surface area contributed by atoms with Gasteiger partial charge in [-0.3, -0.25) is 4.79 Å². The summed E-state index contributed by atoms with van der Waals surface area (Å²) in [7, 11) is 0. The second-order valence-electron chi connectivity index (χ2n) is 6.14. The molecule has 0 spiro atoms. The highest BCUT2D eigenvalue weighted by atomic mass is 19.4. The first-order chi connectivity index (χ1) is 10.3. The largest absolute Gasteiger partial charge is 0.454 e. The van der Waals surface area contributed by atoms with E-state index < -0.39 is 23.2 Å². The van der Waals surface area contributed by atoms with Gasteiger partial charge >= 0.3 is 12.1 Å². The summed E-state index contributed by atoms with van der Waals surface area (Å²) in [6.45, 7) is 2.28. The molecule has 0 heterocycles. The number of hydrogen-bond donors (Lipinski definition) is 0. The molecule has 0 saturated heterocycles. The molecule has 1 fully saturated rings. The van der Waals surface area contributed by atoms with Gasteiger partial charge in [0.25, 0.3) is 0 Å². The van der Waals surface area contributed by atoms with Gasteiger partial charge in [-0.05, 0) is 44.6 Å². The summed E-state index contributed by atoms with van der Waals surface area (Å²) >= 11 is 0. The molecular weight excluding hydrogens is 293 g/mol. The van der Waals surface area contributed by atoms with Gasteiger partial charge in [-0.1, -0.05) is 37.3 Å². The first-order valence-electron chi connectivity index (χ1n) is 7.61. The highest BCUT2D eigenvalue weighted by Crippen LogP contribution is 2.47. The predicted molar refractivity (Wildman–Crippen MR) is 77.1 cm³/mol. The maximum atomic E-state index is 13.3. The van der Waals surface area contributed by atoms with E-state index in [1.54, 1.807) is 0 Å². The van der Waals surface area contributed by atoms with Crippen LogP contribution >= 0.6 is 0 Å². The molecule has 1 aliphatic carbocycles. The summed E-state index contributed by atoms with van der Waals surface area (Å²) in [4.78, 5) is 12.3. The first-order valence-corrected chi connectivity index (χ1v) is 7.61. The Hall–Kier alpha value is -1.52. The molecule has 1 unspecified atom stereocenters. The molecule has 0 amide bonds. The Morgan fingerprint density at radius 3 is 2.18 bits per heavy atom. The van der Waals surface area contributed by atoms with E-state index in [1.165, 1.54) is 6.92 Å². The van der Waals surface area contributed by atoms with Crippen LogP contribution in [0, 0.1) is 5.41 Å². The summed E-state index contributed by atoms with van der Waals surface area (Å²) in [6.07, 6.45) is -2.12. The van der Waals surface area contributed by atoms with Crippen LogP contribution < -0.4 is 0 Å². The summed E-state index contributed by atoms with van der Waals surface area (Å²) in [5.41, 5.74) is -2.60. The molecule has 0 N–H and O–H groups in total. The molecule has 2 nitrogen and oxygen atoms in total. The van der Waals surface area contributed by atoms with Crippen molar-refractivity contribution in [3.8, 4) is 0 Å². The van der Waals surface area contributed by atoms with Gasteiger partial charge in [0.1, 0.15) is 5.60 Å². The fourth-order valence-corrected chi connectivity index (χ4v) is 2.89. The SMILES string of the molecule is CCC(C)(C(=O)OC1(c2ccccc2)CCCC1)C(F)(F)F. The van der Waals surface area contributed by atoms with Gasteiger partial charge in [-0.15, -0.1) is 0 Å². The van der Waals surface area contributed by atoms with E-state index in [-0.39, 0.29) is 6.42 Å². The summed E-state index contributed by atoms with van der Waals surface area (Å²) in [5.74, 6) is -1.17. The lowest BCUT2D eigenvalue weighted by atomic mass is 9.85. The number of alkyl halides is 3. The average molecular weight is 314 g/mol. The zero-order valence-electron chi connectivity index (χ0n) is 12.9. The van der Waals surface area contributed by atoms with E-state index >= 15 is 0 Å². The molecule has 122 valence electrons. The van der Waals surface area contributed by atoms with Gasteiger partial charge < -0.3 is 4.74 Å². The minimum atomic E-state index is -4.62. The van der Waals surface area contributed by atoms with Crippen LogP contribution in [0.15, 0.2) is 30.3 Å². The molecule has 1 saturated carbocycles. The van der Waals surface area contributed by atoms with Gasteiger partial charge in [0.2, 0.25) is 0 Å². The van der Waals surface area contributed by atoms with Crippen molar-refractivity contribution in [2.45, 2.75) is 57.7 Å². The van der Waals surface area contributed by atoms with Gasteiger partial charge in [0.05, 0.1) is 0 Å². The number of hydrogen-bond acceptors (Lipinski definition) is 2. The molecule has 2 rings (SSSR count). The number of rotatable bonds is 4. The smallest absolute Gasteiger partial charge is 0.404 e. The van der Waals surface area contributed by atoms with Crippen LogP contribution in [-0.4, -0.2) is 12.1 Å². The average Bonchev–Trinajstić information content (AvgIpc) is 2.95. The Balaban J connectivity index is 2.31. The normalized spacial score (nSPS) is 20.4. The maximum absolute atomic E-state index is 13.3. The Kier molecular flexibility index (Phi) is 4.54. The molecular formula is C17H21F3O2. The molecule has 1 aliphatic rings. The fourth-order valence-electron chi connectivity index (χ4n) is 2.89. The Morgan fingerprint density at radius 1 is 1.18 bits per heavy atom. The molecule has 22 heavy (non-hydrogen) atoms. The quantitative estimate of drug-likeness (QED) is 0.733. The molecule has 0 radical (unpaired) electrons. The molecule has 1 atom stereocenters. The molecule has 1 aromatic carbocycles. The van der Waals surface area contributed by atoms with Crippen molar-refractivity contribution in [3.05, 3.63) is 35.9 Å². The van der Waals surface area contributed by atoms with Gasteiger partial charge in [0, 0.05) is 0 Å². The zero-order valence-corrected chi connectivity index (χ0v) is 12.9. The number of carbonyl (C=O) groups is 1. The van der Waals surface area contributed by atoms with Crippen molar-refractivity contribution in [3.63, 3.8) is 0 Å². The van der Waals surface area contributed by atoms with Crippen molar-refractivity contribution in [1.82, 2.24) is 0 Å². The number of esters is 1. The number of halogens is 3. The van der Waals surface area contributed by atoms with Crippen LogP contribution in [-0.2, 0) is 15.1 Å². The third-order valence-electron chi connectivity index (χ3n) is 4.78. The second kappa shape index (κ2) is 5.94. The lowest BCUT2D eigenvalue weighted by molar-refractivity contribution is -0.238. The monoisotopic (exact) mass is 314 g/mol. The zero-order chi connectivity index (χ0) is 16.4. The van der Waals surface area contributed by atoms with E-state index in [2.05, 4.69) is 0 Å². The number of benzene rings is 1. The van der Waals surface area contributed by atoms with E-state index in [0.29, 0.717) is 12.8 Å². The fraction of sp³-hybridized carbons (Fsp3) is 0.588. The van der Waals surface area contributed by atoms with E-state index in [1.807, 2.05) is 30.3 Å². The van der Waals surface area contributed by atoms with Crippen molar-refractivity contribution >= 4 is 5.97 Å². The van der Waals surface area contributed by atoms with Crippen molar-refractivity contribution in [1.29, 1.82) is 0 Å². The highest BCUT2D eigenvalue weighted by Gasteiger charge is 2.58. The highest BCUT2D eigenvalue weighted by molar-refractivity contribution is 5.78. The number of carbonyl (C=O) groups excluding carboxylic acids is 1. The van der Waals surface area contributed by atoms with Crippen LogP contribution in [0.1, 0.15) is 51.5 Å². The minimum Gasteiger partial charge on any atom is -0.454 e. The molecule has 0 aromatic heterocycles. The van der Waals surface area contributed by atoms with E-state index in [0.717, 1.165) is 25.3 Å². The maximum Gasteiger partial charge on any atom is 0.404 e. The third kappa shape index (κ3) is 2.85. The Morgan fingerprint density at radius 2 is 1.73 bits per heavy atom. The van der Waals surface area contributed by atoms with Gasteiger partial charge in [-0.2, -0.15) is 13.2 Å². The van der Waals surface area contributed by atoms with E-state index in [9.17, 15) is 18.0 Å². The summed E-state index contributed by atoms with van der Waals surface area (Å²) < 4.78 is 45.3. The Bertz CT molecular complexity index is 518.